The lowest BCUT2D eigenvalue weighted by molar-refractivity contribution is 0.626. The van der Waals surface area contributed by atoms with Crippen molar-refractivity contribution in [3.05, 3.63) is 460 Å². The molecule has 134 heavy (non-hydrogen) atoms. The smallest absolute Gasteiger partial charge is 0.147 e. The molecule has 0 atom stereocenters. The summed E-state index contributed by atoms with van der Waals surface area (Å²) < 4.78 is 147. The number of H-pyrrole nitrogens is 6. The topological polar surface area (TPSA) is 205 Å². The number of rotatable bonds is 19. The first kappa shape index (κ1) is 85.4. The van der Waals surface area contributed by atoms with Crippen LogP contribution in [-0.4, -0.2) is 83.1 Å². The molecule has 0 unspecified atom stereocenters. The van der Waals surface area contributed by atoms with E-state index in [0.717, 1.165) is 157 Å². The first-order chi connectivity index (χ1) is 65.5. The largest absolute Gasteiger partial charge is 0.359 e. The molecule has 0 bridgehead atoms. The molecule has 24 rings (SSSR count). The summed E-state index contributed by atoms with van der Waals surface area (Å²) in [6, 6.07) is 76.0. The number of hydrogen-bond acceptors (Lipinski definition) is 7. The van der Waals surface area contributed by atoms with E-state index >= 15 is 0 Å². The van der Waals surface area contributed by atoms with Crippen LogP contribution in [0.15, 0.2) is 323 Å². The molecule has 27 heteroatoms. The Hall–Kier alpha value is -16.7. The van der Waals surface area contributed by atoms with Gasteiger partial charge in [0.15, 0.2) is 0 Å². The molecule has 0 fully saturated rings. The number of hydrogen-bond donors (Lipinski definition) is 6. The van der Waals surface area contributed by atoms with Gasteiger partial charge in [0, 0.05) is 134 Å². The predicted octanol–water partition coefficient (Wildman–Crippen LogP) is 24.6. The van der Waals surface area contributed by atoms with E-state index in [2.05, 4.69) is 61.6 Å². The third kappa shape index (κ3) is 18.1. The fourth-order valence-corrected chi connectivity index (χ4v) is 17.5. The third-order valence-corrected chi connectivity index (χ3v) is 24.0. The van der Waals surface area contributed by atoms with Gasteiger partial charge in [0.1, 0.15) is 87.3 Å². The van der Waals surface area contributed by atoms with E-state index in [-0.39, 0.29) is 58.2 Å². The van der Waals surface area contributed by atoms with Gasteiger partial charge in [0.25, 0.3) is 0 Å². The Balaban J connectivity index is 0.000000104. The second kappa shape index (κ2) is 37.4. The average molecular weight is 1790 g/mol. The van der Waals surface area contributed by atoms with Crippen LogP contribution < -0.4 is 0 Å². The van der Waals surface area contributed by atoms with Gasteiger partial charge in [-0.3, -0.25) is 9.97 Å². The summed E-state index contributed by atoms with van der Waals surface area (Å²) in [5, 5.41) is 4.17. The van der Waals surface area contributed by atoms with Crippen LogP contribution in [0.1, 0.15) is 79.2 Å². The van der Waals surface area contributed by atoms with E-state index in [4.69, 9.17) is 19.9 Å². The summed E-state index contributed by atoms with van der Waals surface area (Å²) in [6.45, 7) is 2.36. The van der Waals surface area contributed by atoms with Crippen LogP contribution in [0.2, 0.25) is 0 Å². The van der Waals surface area contributed by atoms with E-state index in [0.29, 0.717) is 91.4 Å². The molecule has 12 heterocycles. The Labute approximate surface area is 757 Å². The maximum absolute atomic E-state index is 14.0. The highest BCUT2D eigenvalue weighted by Gasteiger charge is 2.23. The lowest BCUT2D eigenvalue weighted by Gasteiger charge is -2.10. The molecule has 12 aromatic heterocycles. The summed E-state index contributed by atoms with van der Waals surface area (Å²) in [5.74, 6) is 1.10. The Kier molecular flexibility index (Phi) is 23.8. The molecule has 0 aliphatic heterocycles. The molecule has 0 saturated heterocycles. The zero-order valence-electron chi connectivity index (χ0n) is 71.4. The number of aromatic nitrogens is 17. The maximum Gasteiger partial charge on any atom is 0.147 e. The number of aromatic amines is 6. The van der Waals surface area contributed by atoms with Crippen molar-refractivity contribution < 1.29 is 43.9 Å². The van der Waals surface area contributed by atoms with Crippen molar-refractivity contribution in [1.82, 2.24) is 83.1 Å². The minimum atomic E-state index is -0.305. The van der Waals surface area contributed by atoms with Gasteiger partial charge < -0.3 is 48.2 Å². The predicted molar refractivity (Wildman–Crippen MR) is 502 cm³/mol. The number of fused-ring (bicyclic) bond motifs is 10. The molecule has 24 aromatic rings. The molecule has 0 radical (unpaired) electrons. The summed E-state index contributed by atoms with van der Waals surface area (Å²) in [6.07, 6.45) is 19.4. The normalized spacial score (nSPS) is 11.5. The van der Waals surface area contributed by atoms with Crippen molar-refractivity contribution in [2.75, 3.05) is 0 Å². The van der Waals surface area contributed by atoms with Crippen LogP contribution in [0.25, 0.3) is 110 Å². The number of pyridine rings is 2. The Morgan fingerprint density at radius 1 is 0.254 bits per heavy atom. The summed E-state index contributed by atoms with van der Waals surface area (Å²) >= 11 is 0. The third-order valence-electron chi connectivity index (χ3n) is 24.0. The van der Waals surface area contributed by atoms with Gasteiger partial charge in [-0.25, -0.2) is 68.8 Å². The van der Waals surface area contributed by atoms with Crippen LogP contribution in [0.5, 0.6) is 0 Å². The SMILES string of the molecule is Fc1ccc2nc(Cc3c[nH]c4c(F)cccc34)[nH]c2c1.Fc1ccc2nc(Cc3c[nH]c4c(F)cccc34)n(CCc3ccccc3)c2c1.Fc1ccc2nc(Cc3c[nH]c4c(F)cccc34)n(Cc3ccccc3)c2c1.Fc1ccc2nc(Cc3c[nH]c4c(F)cccc34)n(Cc3cccnc3)c2c1.Fc1ccc2nc(Cc3c[nH]c4c(F)cccc34)n(Cc3ccncc3)c2c1. The van der Waals surface area contributed by atoms with Gasteiger partial charge >= 0.3 is 0 Å². The summed E-state index contributed by atoms with van der Waals surface area (Å²) in [5.41, 5.74) is 18.9. The fourth-order valence-electron chi connectivity index (χ4n) is 17.5. The van der Waals surface area contributed by atoms with Crippen LogP contribution in [0.3, 0.4) is 0 Å². The van der Waals surface area contributed by atoms with Crippen molar-refractivity contribution in [3.8, 4) is 0 Å². The highest BCUT2D eigenvalue weighted by atomic mass is 19.2. The first-order valence-corrected chi connectivity index (χ1v) is 43.3. The van der Waals surface area contributed by atoms with Crippen molar-refractivity contribution in [3.63, 3.8) is 0 Å². The number of imidazole rings is 5. The van der Waals surface area contributed by atoms with Crippen molar-refractivity contribution >= 4 is 110 Å². The van der Waals surface area contributed by atoms with Crippen molar-refractivity contribution in [1.29, 1.82) is 0 Å². The van der Waals surface area contributed by atoms with Crippen LogP contribution in [0.4, 0.5) is 43.9 Å². The summed E-state index contributed by atoms with van der Waals surface area (Å²) in [4.78, 5) is 49.7. The van der Waals surface area contributed by atoms with Gasteiger partial charge in [-0.2, -0.15) is 0 Å². The molecule has 17 nitrogen and oxygen atoms in total. The number of aryl methyl sites for hydroxylation is 2. The van der Waals surface area contributed by atoms with Gasteiger partial charge in [-0.15, -0.1) is 0 Å². The number of nitrogens with one attached hydrogen (secondary N) is 6. The molecule has 0 aliphatic rings. The molecular weight excluding hydrogens is 1710 g/mol. The zero-order chi connectivity index (χ0) is 91.5. The molecule has 662 valence electrons. The zero-order valence-corrected chi connectivity index (χ0v) is 71.4. The van der Waals surface area contributed by atoms with E-state index in [1.54, 1.807) is 91.6 Å². The second-order valence-corrected chi connectivity index (χ2v) is 32.6. The highest BCUT2D eigenvalue weighted by Crippen LogP contribution is 2.34. The lowest BCUT2D eigenvalue weighted by Crippen LogP contribution is -2.07. The molecule has 12 aromatic carbocycles. The van der Waals surface area contributed by atoms with Gasteiger partial charge in [0.05, 0.1) is 89.3 Å². The van der Waals surface area contributed by atoms with E-state index < -0.39 is 0 Å². The van der Waals surface area contributed by atoms with E-state index in [1.807, 2.05) is 142 Å². The monoisotopic (exact) mass is 1790 g/mol. The lowest BCUT2D eigenvalue weighted by atomic mass is 10.1. The molecule has 6 N–H and O–H groups in total. The first-order valence-electron chi connectivity index (χ1n) is 43.3. The van der Waals surface area contributed by atoms with Crippen molar-refractivity contribution in [2.24, 2.45) is 0 Å². The average Bonchev–Trinajstić information content (AvgIpc) is 1.63. The Morgan fingerprint density at radius 3 is 0.948 bits per heavy atom. The van der Waals surface area contributed by atoms with Gasteiger partial charge in [-0.1, -0.05) is 127 Å². The molecular formula is C107H79F10N17. The Bertz CT molecular complexity index is 7890. The minimum Gasteiger partial charge on any atom is -0.359 e. The van der Waals surface area contributed by atoms with Crippen molar-refractivity contribution in [2.45, 2.75) is 64.7 Å². The summed E-state index contributed by atoms with van der Waals surface area (Å²) in [7, 11) is 0. The van der Waals surface area contributed by atoms with E-state index in [1.165, 1.54) is 96.6 Å². The fraction of sp³-hybridized carbons (Fsp3) is 0.0935. The maximum atomic E-state index is 14.0. The number of nitrogens with zero attached hydrogens (tertiary/aromatic N) is 11. The van der Waals surface area contributed by atoms with Gasteiger partial charge in [0.2, 0.25) is 0 Å². The number of halogens is 10. The minimum absolute atomic E-state index is 0.270. The van der Waals surface area contributed by atoms with Crippen LogP contribution in [-0.2, 0) is 64.7 Å². The second-order valence-electron chi connectivity index (χ2n) is 32.6. The molecule has 0 saturated carbocycles. The molecule has 0 spiro atoms. The quantitative estimate of drug-likeness (QED) is 0.0432. The highest BCUT2D eigenvalue weighted by molar-refractivity contribution is 5.89. The van der Waals surface area contributed by atoms with Gasteiger partial charge in [-0.05, 0) is 196 Å². The van der Waals surface area contributed by atoms with Crippen LogP contribution in [0, 0.1) is 58.2 Å². The number of benzene rings is 12. The standard InChI is InChI=1S/C24H19F2N3.C23H17F2N3.2C22H16F2N4.C16H11F2N3/c25-18-9-10-21-22(14-18)29(12-11-16-5-2-1-3-6-16)23(28-21)13-17-15-27-24-19(17)7-4-8-20(24)26;24-17-9-10-20-21(12-17)28(14-15-5-2-1-3-6-15)22(27-20)11-16-13-26-23-18(16)7-4-8-19(23)25;23-16-6-7-19-20(10-16)28(13-14-3-2-8-25-11-14)21(27-19)9-15-12-26-22-17(15)4-1-5-18(22)24;23-16-4-5-19-20(11-16)28(13-14-6-8-25-9-7-14)21(27-19)10-15-12-26-22-17(15)2-1-3-18(22)24;17-10-4-5-13-14(7-10)21-15(20-13)6-9-8-19-16-11(9)2-1-3-12(16)18/h1-10,14-15,27H,11-13H2;1-10,12-13,26H,11,14H2;1-8,10-12,26H,9,13H2;1-9,11-12,26H,10,13H2;1-5,7-8,19H,6H2,(H,20,21). The van der Waals surface area contributed by atoms with Crippen LogP contribution >= 0.6 is 0 Å². The Morgan fingerprint density at radius 2 is 0.575 bits per heavy atom. The van der Waals surface area contributed by atoms with E-state index in [9.17, 15) is 43.9 Å². The number of para-hydroxylation sites is 5. The molecule has 0 amide bonds. The molecule has 0 aliphatic carbocycles.